The van der Waals surface area contributed by atoms with Gasteiger partial charge in [-0.3, -0.25) is 9.59 Å². The number of ether oxygens (including phenoxy) is 2. The number of hydrogen-bond acceptors (Lipinski definition) is 6. The highest BCUT2D eigenvalue weighted by molar-refractivity contribution is 7.89. The Balaban J connectivity index is 1.65. The van der Waals surface area contributed by atoms with Gasteiger partial charge in [0.1, 0.15) is 11.5 Å². The van der Waals surface area contributed by atoms with Crippen LogP contribution in [0.5, 0.6) is 11.5 Å². The van der Waals surface area contributed by atoms with Gasteiger partial charge in [0.2, 0.25) is 10.0 Å². The van der Waals surface area contributed by atoms with E-state index in [1.54, 1.807) is 48.5 Å². The smallest absolute Gasteiger partial charge is 0.262 e. The summed E-state index contributed by atoms with van der Waals surface area (Å²) >= 11 is 0. The van der Waals surface area contributed by atoms with E-state index >= 15 is 0 Å². The molecule has 3 rings (SSSR count). The Kier molecular flexibility index (Phi) is 7.47. The van der Waals surface area contributed by atoms with Gasteiger partial charge in [-0.15, -0.1) is 0 Å². The maximum absolute atomic E-state index is 12.5. The van der Waals surface area contributed by atoms with Gasteiger partial charge in [0.25, 0.3) is 5.91 Å². The summed E-state index contributed by atoms with van der Waals surface area (Å²) in [5, 5.41) is 2.61. The Bertz CT molecular complexity index is 1240. The average Bonchev–Trinajstić information content (AvgIpc) is 2.83. The first-order valence-corrected chi connectivity index (χ1v) is 11.4. The van der Waals surface area contributed by atoms with Crippen molar-refractivity contribution in [3.05, 3.63) is 83.9 Å². The second-order valence-corrected chi connectivity index (χ2v) is 9.36. The summed E-state index contributed by atoms with van der Waals surface area (Å²) in [6.07, 6.45) is 0. The van der Waals surface area contributed by atoms with Crippen molar-refractivity contribution < 1.29 is 27.5 Å². The van der Waals surface area contributed by atoms with Gasteiger partial charge < -0.3 is 14.8 Å². The summed E-state index contributed by atoms with van der Waals surface area (Å²) in [6.45, 7) is -0.320. The Morgan fingerprint density at radius 3 is 2.15 bits per heavy atom. The Morgan fingerprint density at radius 1 is 0.909 bits per heavy atom. The molecule has 3 aromatic rings. The van der Waals surface area contributed by atoms with E-state index in [9.17, 15) is 18.0 Å². The molecule has 0 aromatic heterocycles. The molecule has 0 aliphatic carbocycles. The van der Waals surface area contributed by atoms with E-state index in [0.29, 0.717) is 22.6 Å². The third kappa shape index (κ3) is 5.76. The lowest BCUT2D eigenvalue weighted by Gasteiger charge is -2.15. The molecule has 0 atom stereocenters. The predicted octanol–water partition coefficient (Wildman–Crippen LogP) is 3.19. The van der Waals surface area contributed by atoms with Crippen LogP contribution in [0, 0.1) is 0 Å². The van der Waals surface area contributed by atoms with E-state index in [1.807, 2.05) is 6.07 Å². The van der Waals surface area contributed by atoms with Gasteiger partial charge in [-0.05, 0) is 42.5 Å². The second-order valence-electron chi connectivity index (χ2n) is 7.21. The summed E-state index contributed by atoms with van der Waals surface area (Å²) in [4.78, 5) is 24.9. The van der Waals surface area contributed by atoms with E-state index < -0.39 is 15.9 Å². The summed E-state index contributed by atoms with van der Waals surface area (Å²) < 4.78 is 36.5. The number of anilines is 1. The lowest BCUT2D eigenvalue weighted by atomic mass is 10.0. The molecule has 172 valence electrons. The number of rotatable bonds is 9. The van der Waals surface area contributed by atoms with E-state index in [0.717, 1.165) is 4.31 Å². The van der Waals surface area contributed by atoms with Crippen molar-refractivity contribution in [1.29, 1.82) is 0 Å². The molecule has 0 aliphatic heterocycles. The summed E-state index contributed by atoms with van der Waals surface area (Å²) in [5.74, 6) is 0.104. The third-order valence-corrected chi connectivity index (χ3v) is 6.56. The van der Waals surface area contributed by atoms with Gasteiger partial charge in [-0.2, -0.15) is 0 Å². The molecule has 0 heterocycles. The first kappa shape index (κ1) is 24.0. The van der Waals surface area contributed by atoms with Crippen LogP contribution in [0.4, 0.5) is 5.69 Å². The fourth-order valence-corrected chi connectivity index (χ4v) is 3.88. The Morgan fingerprint density at radius 2 is 1.55 bits per heavy atom. The number of ketones is 1. The number of carbonyl (C=O) groups excluding carboxylic acids is 2. The quantitative estimate of drug-likeness (QED) is 0.484. The van der Waals surface area contributed by atoms with E-state index in [-0.39, 0.29) is 23.0 Å². The van der Waals surface area contributed by atoms with Crippen molar-refractivity contribution in [2.75, 3.05) is 33.1 Å². The van der Waals surface area contributed by atoms with Gasteiger partial charge in [0.15, 0.2) is 12.4 Å². The minimum Gasteiger partial charge on any atom is -0.495 e. The zero-order valence-corrected chi connectivity index (χ0v) is 19.3. The molecule has 33 heavy (non-hydrogen) atoms. The van der Waals surface area contributed by atoms with Crippen molar-refractivity contribution in [3.8, 4) is 11.5 Å². The Hall–Kier alpha value is -3.69. The van der Waals surface area contributed by atoms with Gasteiger partial charge >= 0.3 is 0 Å². The fraction of sp³-hybridized carbons (Fsp3) is 0.167. The van der Waals surface area contributed by atoms with Crippen LogP contribution in [0.3, 0.4) is 0 Å². The molecule has 1 N–H and O–H groups in total. The summed E-state index contributed by atoms with van der Waals surface area (Å²) in [6, 6.07) is 19.6. The minimum atomic E-state index is -3.68. The molecular formula is C24H24N2O6S. The van der Waals surface area contributed by atoms with E-state index in [2.05, 4.69) is 5.32 Å². The number of sulfonamides is 1. The maximum Gasteiger partial charge on any atom is 0.262 e. The highest BCUT2D eigenvalue weighted by atomic mass is 32.2. The van der Waals surface area contributed by atoms with Crippen molar-refractivity contribution in [2.24, 2.45) is 0 Å². The molecule has 0 unspecified atom stereocenters. The molecule has 0 bridgehead atoms. The second kappa shape index (κ2) is 10.3. The first-order valence-electron chi connectivity index (χ1n) is 9.95. The third-order valence-electron chi connectivity index (χ3n) is 4.75. The van der Waals surface area contributed by atoms with Crippen LogP contribution in [0.25, 0.3) is 0 Å². The van der Waals surface area contributed by atoms with Gasteiger partial charge in [-0.25, -0.2) is 12.7 Å². The highest BCUT2D eigenvalue weighted by Gasteiger charge is 2.20. The zero-order valence-electron chi connectivity index (χ0n) is 18.4. The van der Waals surface area contributed by atoms with Crippen LogP contribution < -0.4 is 14.8 Å². The summed E-state index contributed by atoms with van der Waals surface area (Å²) in [7, 11) is 0.579. The molecule has 0 radical (unpaired) electrons. The van der Waals surface area contributed by atoms with Crippen LogP contribution >= 0.6 is 0 Å². The molecular weight excluding hydrogens is 444 g/mol. The maximum atomic E-state index is 12.5. The molecule has 0 saturated carbocycles. The summed E-state index contributed by atoms with van der Waals surface area (Å²) in [5.41, 5.74) is 1.29. The number of nitrogens with zero attached hydrogens (tertiary/aromatic N) is 1. The van der Waals surface area contributed by atoms with Gasteiger partial charge in [0.05, 0.1) is 17.7 Å². The molecule has 3 aromatic carbocycles. The minimum absolute atomic E-state index is 0.0168. The van der Waals surface area contributed by atoms with Gasteiger partial charge in [-0.1, -0.05) is 30.3 Å². The van der Waals surface area contributed by atoms with Crippen LogP contribution in [-0.4, -0.2) is 52.2 Å². The molecule has 0 spiro atoms. The molecule has 0 fully saturated rings. The topological polar surface area (TPSA) is 102 Å². The lowest BCUT2D eigenvalue weighted by Crippen LogP contribution is -2.23. The number of amides is 1. The van der Waals surface area contributed by atoms with E-state index in [4.69, 9.17) is 9.47 Å². The highest BCUT2D eigenvalue weighted by Crippen LogP contribution is 2.28. The molecule has 1 amide bonds. The zero-order chi connectivity index (χ0) is 24.0. The van der Waals surface area contributed by atoms with Crippen molar-refractivity contribution >= 4 is 27.4 Å². The van der Waals surface area contributed by atoms with Crippen molar-refractivity contribution in [2.45, 2.75) is 4.90 Å². The average molecular weight is 469 g/mol. The van der Waals surface area contributed by atoms with Crippen LogP contribution in [-0.2, 0) is 14.8 Å². The van der Waals surface area contributed by atoms with Crippen LogP contribution in [0.15, 0.2) is 77.7 Å². The normalized spacial score (nSPS) is 11.2. The standard InChI is InChI=1S/C24H24N2O6S/c1-26(2)33(29,30)20-13-14-22(31-3)21(15-20)25-23(27)16-32-19-11-9-18(10-12-19)24(28)17-7-5-4-6-8-17/h4-15H,16H2,1-3H3,(H,25,27). The van der Waals surface area contributed by atoms with Crippen LogP contribution in [0.2, 0.25) is 0 Å². The molecule has 8 nitrogen and oxygen atoms in total. The van der Waals surface area contributed by atoms with Crippen LogP contribution in [0.1, 0.15) is 15.9 Å². The van der Waals surface area contributed by atoms with E-state index in [1.165, 1.54) is 39.4 Å². The fourth-order valence-electron chi connectivity index (χ4n) is 2.95. The van der Waals surface area contributed by atoms with Crippen molar-refractivity contribution in [3.63, 3.8) is 0 Å². The number of hydrogen-bond donors (Lipinski definition) is 1. The predicted molar refractivity (Wildman–Crippen MR) is 124 cm³/mol. The largest absolute Gasteiger partial charge is 0.495 e. The van der Waals surface area contributed by atoms with Crippen molar-refractivity contribution in [1.82, 2.24) is 4.31 Å². The number of nitrogens with one attached hydrogen (secondary N) is 1. The van der Waals surface area contributed by atoms with Gasteiger partial charge in [0, 0.05) is 25.2 Å². The number of carbonyl (C=O) groups is 2. The number of methoxy groups -OCH3 is 1. The molecule has 0 saturated heterocycles. The first-order chi connectivity index (χ1) is 15.7. The molecule has 9 heteroatoms. The SMILES string of the molecule is COc1ccc(S(=O)(=O)N(C)C)cc1NC(=O)COc1ccc(C(=O)c2ccccc2)cc1. The number of benzene rings is 3. The monoisotopic (exact) mass is 468 g/mol. The Labute approximate surface area is 192 Å². The molecule has 0 aliphatic rings. The lowest BCUT2D eigenvalue weighted by molar-refractivity contribution is -0.118.